The Morgan fingerprint density at radius 3 is 2.45 bits per heavy atom. The van der Waals surface area contributed by atoms with Crippen molar-refractivity contribution in [3.05, 3.63) is 89.2 Å². The van der Waals surface area contributed by atoms with E-state index in [4.69, 9.17) is 4.74 Å². The number of aromatic nitrogens is 1. The van der Waals surface area contributed by atoms with E-state index in [-0.39, 0.29) is 12.0 Å². The summed E-state index contributed by atoms with van der Waals surface area (Å²) in [6.07, 6.45) is -3.01. The quantitative estimate of drug-likeness (QED) is 0.392. The molecule has 40 heavy (non-hydrogen) atoms. The molecule has 12 heteroatoms. The first kappa shape index (κ1) is 27.2. The Morgan fingerprint density at radius 2 is 1.77 bits per heavy atom. The molecular formula is C28H22F5N3O4. The molecule has 1 aliphatic carbocycles. The number of ether oxygens (including phenoxy) is 1. The number of benzene rings is 2. The van der Waals surface area contributed by atoms with Gasteiger partial charge in [0.1, 0.15) is 24.2 Å². The van der Waals surface area contributed by atoms with Gasteiger partial charge in [-0.25, -0.2) is 18.5 Å². The number of carbonyl (C=O) groups excluding carboxylic acids is 3. The number of imide groups is 1. The fraction of sp³-hybridized carbons (Fsp3) is 0.286. The van der Waals surface area contributed by atoms with E-state index in [1.165, 1.54) is 24.4 Å². The van der Waals surface area contributed by atoms with E-state index in [1.54, 1.807) is 18.2 Å². The number of rotatable bonds is 6. The lowest BCUT2D eigenvalue weighted by molar-refractivity contribution is -0.187. The number of hydrogen-bond acceptors (Lipinski definition) is 5. The van der Waals surface area contributed by atoms with E-state index in [0.717, 1.165) is 25.3 Å². The van der Waals surface area contributed by atoms with Gasteiger partial charge in [-0.3, -0.25) is 14.6 Å². The second-order valence-corrected chi connectivity index (χ2v) is 9.72. The van der Waals surface area contributed by atoms with Crippen molar-refractivity contribution >= 4 is 17.9 Å². The second-order valence-electron chi connectivity index (χ2n) is 9.72. The minimum absolute atomic E-state index is 0.0701. The van der Waals surface area contributed by atoms with Crippen LogP contribution in [0.3, 0.4) is 0 Å². The van der Waals surface area contributed by atoms with Crippen LogP contribution in [0.5, 0.6) is 0 Å². The predicted molar refractivity (Wildman–Crippen MR) is 130 cm³/mol. The standard InChI is InChI=1S/C28H22F5N3O4/c1-16(28(31,32)33)35(14-17-2-5-21(29)6-3-17)24(37)15-36-25(38)27(40-26(36)39)9-8-19-10-18(4-7-23(19)27)20-11-22(30)13-34-12-20/h2-7,10-13,16H,8-9,14-15H2,1H3/t16-,27?/m0/s1. The average molecular weight is 559 g/mol. The van der Waals surface area contributed by atoms with Crippen LogP contribution in [0.25, 0.3) is 11.1 Å². The summed E-state index contributed by atoms with van der Waals surface area (Å²) in [6, 6.07) is 8.55. The number of alkyl halides is 3. The Morgan fingerprint density at radius 1 is 1.05 bits per heavy atom. The second kappa shape index (κ2) is 10.00. The van der Waals surface area contributed by atoms with Crippen molar-refractivity contribution in [2.45, 2.75) is 44.1 Å². The van der Waals surface area contributed by atoms with Crippen molar-refractivity contribution in [3.63, 3.8) is 0 Å². The van der Waals surface area contributed by atoms with Gasteiger partial charge in [-0.05, 0) is 48.2 Å². The van der Waals surface area contributed by atoms with Crippen LogP contribution in [0, 0.1) is 11.6 Å². The van der Waals surface area contributed by atoms with E-state index in [1.807, 2.05) is 0 Å². The fourth-order valence-corrected chi connectivity index (χ4v) is 5.03. The minimum Gasteiger partial charge on any atom is -0.427 e. The van der Waals surface area contributed by atoms with Gasteiger partial charge in [0.05, 0.1) is 6.20 Å². The Bertz CT molecular complexity index is 1490. The predicted octanol–water partition coefficient (Wildman–Crippen LogP) is 5.13. The van der Waals surface area contributed by atoms with Crippen LogP contribution in [0.2, 0.25) is 0 Å². The third kappa shape index (κ3) is 4.89. The van der Waals surface area contributed by atoms with Crippen LogP contribution in [-0.2, 0) is 32.9 Å². The first-order valence-electron chi connectivity index (χ1n) is 12.3. The van der Waals surface area contributed by atoms with Crippen LogP contribution < -0.4 is 0 Å². The van der Waals surface area contributed by atoms with Gasteiger partial charge in [0.25, 0.3) is 5.91 Å². The van der Waals surface area contributed by atoms with Gasteiger partial charge >= 0.3 is 12.3 Å². The lowest BCUT2D eigenvalue weighted by Gasteiger charge is -2.31. The average Bonchev–Trinajstić information content (AvgIpc) is 3.39. The summed E-state index contributed by atoms with van der Waals surface area (Å²) in [4.78, 5) is 44.3. The smallest absolute Gasteiger partial charge is 0.418 e. The maximum atomic E-state index is 13.6. The Balaban J connectivity index is 1.39. The number of nitrogens with zero attached hydrogens (tertiary/aromatic N) is 3. The maximum Gasteiger partial charge on any atom is 0.418 e. The molecule has 0 bridgehead atoms. The molecule has 1 aliphatic heterocycles. The van der Waals surface area contributed by atoms with Crippen LogP contribution in [0.1, 0.15) is 30.0 Å². The first-order valence-corrected chi connectivity index (χ1v) is 12.3. The molecule has 1 aromatic heterocycles. The molecule has 2 aromatic carbocycles. The van der Waals surface area contributed by atoms with Gasteiger partial charge in [-0.15, -0.1) is 0 Å². The molecule has 0 saturated carbocycles. The van der Waals surface area contributed by atoms with Crippen LogP contribution >= 0.6 is 0 Å². The van der Waals surface area contributed by atoms with Gasteiger partial charge in [-0.2, -0.15) is 13.2 Å². The van der Waals surface area contributed by atoms with Gasteiger partial charge in [0.2, 0.25) is 11.5 Å². The SMILES string of the molecule is C[C@H](N(Cc1ccc(F)cc1)C(=O)CN1C(=O)OC2(CCc3cc(-c4cncc(F)c4)ccc32)C1=O)C(F)(F)F. The van der Waals surface area contributed by atoms with Crippen LogP contribution in [0.15, 0.2) is 60.9 Å². The number of carbonyl (C=O) groups is 3. The first-order chi connectivity index (χ1) is 18.9. The maximum absolute atomic E-state index is 13.6. The van der Waals surface area contributed by atoms with E-state index in [2.05, 4.69) is 4.98 Å². The lowest BCUT2D eigenvalue weighted by Crippen LogP contribution is -2.51. The lowest BCUT2D eigenvalue weighted by atomic mass is 9.93. The number of amides is 3. The zero-order valence-electron chi connectivity index (χ0n) is 21.0. The highest BCUT2D eigenvalue weighted by Crippen LogP contribution is 2.46. The summed E-state index contributed by atoms with van der Waals surface area (Å²) in [5.74, 6) is -3.12. The number of hydrogen-bond donors (Lipinski definition) is 0. The van der Waals surface area contributed by atoms with Gasteiger partial charge in [-0.1, -0.05) is 30.3 Å². The normalized spacial score (nSPS) is 19.1. The Kier molecular flexibility index (Phi) is 6.80. The topological polar surface area (TPSA) is 79.8 Å². The van der Waals surface area contributed by atoms with Crippen molar-refractivity contribution in [2.24, 2.45) is 0 Å². The Hall–Kier alpha value is -4.35. The summed E-state index contributed by atoms with van der Waals surface area (Å²) < 4.78 is 73.3. The third-order valence-electron chi connectivity index (χ3n) is 7.22. The van der Waals surface area contributed by atoms with E-state index >= 15 is 0 Å². The largest absolute Gasteiger partial charge is 0.427 e. The van der Waals surface area contributed by atoms with Gasteiger partial charge in [0, 0.05) is 30.3 Å². The number of pyridine rings is 1. The van der Waals surface area contributed by atoms with Crippen LogP contribution in [0.4, 0.5) is 26.7 Å². The molecule has 7 nitrogen and oxygen atoms in total. The molecule has 5 rings (SSSR count). The summed E-state index contributed by atoms with van der Waals surface area (Å²) in [5.41, 5.74) is 0.699. The molecule has 0 N–H and O–H groups in total. The van der Waals surface area contributed by atoms with E-state index in [9.17, 15) is 36.3 Å². The van der Waals surface area contributed by atoms with Crippen molar-refractivity contribution < 1.29 is 41.1 Å². The van der Waals surface area contributed by atoms with Crippen molar-refractivity contribution in [1.82, 2.24) is 14.8 Å². The number of halogens is 5. The van der Waals surface area contributed by atoms with Gasteiger partial charge in [0.15, 0.2) is 0 Å². The van der Waals surface area contributed by atoms with Crippen molar-refractivity contribution in [2.75, 3.05) is 6.54 Å². The number of aryl methyl sites for hydroxylation is 1. The van der Waals surface area contributed by atoms with Crippen molar-refractivity contribution in [3.8, 4) is 11.1 Å². The molecule has 3 amide bonds. The van der Waals surface area contributed by atoms with Gasteiger partial charge < -0.3 is 9.64 Å². The molecule has 1 unspecified atom stereocenters. The molecule has 0 radical (unpaired) electrons. The summed E-state index contributed by atoms with van der Waals surface area (Å²) in [7, 11) is 0. The highest BCUT2D eigenvalue weighted by Gasteiger charge is 2.58. The zero-order valence-corrected chi connectivity index (χ0v) is 21.0. The summed E-state index contributed by atoms with van der Waals surface area (Å²) in [5, 5.41) is 0. The molecule has 2 heterocycles. The van der Waals surface area contributed by atoms with E-state index in [0.29, 0.717) is 38.5 Å². The van der Waals surface area contributed by atoms with E-state index < -0.39 is 60.5 Å². The highest BCUT2D eigenvalue weighted by molar-refractivity contribution is 6.06. The minimum atomic E-state index is -4.80. The molecular weight excluding hydrogens is 537 g/mol. The Labute approximate surface area is 225 Å². The van der Waals surface area contributed by atoms with Crippen LogP contribution in [-0.4, -0.2) is 51.5 Å². The zero-order chi connectivity index (χ0) is 28.8. The molecule has 1 spiro atoms. The highest BCUT2D eigenvalue weighted by atomic mass is 19.4. The molecule has 3 aromatic rings. The number of fused-ring (bicyclic) bond motifs is 2. The molecule has 1 saturated heterocycles. The molecule has 2 aliphatic rings. The molecule has 1 fully saturated rings. The monoisotopic (exact) mass is 559 g/mol. The summed E-state index contributed by atoms with van der Waals surface area (Å²) >= 11 is 0. The third-order valence-corrected chi connectivity index (χ3v) is 7.22. The van der Waals surface area contributed by atoms with Crippen molar-refractivity contribution in [1.29, 1.82) is 0 Å². The molecule has 208 valence electrons. The summed E-state index contributed by atoms with van der Waals surface area (Å²) in [6.45, 7) is -0.710. The fourth-order valence-electron chi connectivity index (χ4n) is 5.03. The molecule has 2 atom stereocenters.